The number of carbonyl (C=O) groups excluding carboxylic acids is 1. The van der Waals surface area contributed by atoms with Crippen molar-refractivity contribution < 1.29 is 4.79 Å². The Balaban J connectivity index is 2.15. The highest BCUT2D eigenvalue weighted by Crippen LogP contribution is 2.23. The first-order chi connectivity index (χ1) is 8.61. The Kier molecular flexibility index (Phi) is 3.97. The Labute approximate surface area is 108 Å². The molecular weight excluding hydrogens is 226 g/mol. The van der Waals surface area contributed by atoms with Crippen LogP contribution in [-0.2, 0) is 6.54 Å². The first-order valence-corrected chi connectivity index (χ1v) is 6.57. The lowest BCUT2D eigenvalue weighted by Gasteiger charge is -2.36. The number of hydrogen-bond donors (Lipinski definition) is 1. The maximum absolute atomic E-state index is 12.4. The van der Waals surface area contributed by atoms with E-state index in [0.29, 0.717) is 24.1 Å². The summed E-state index contributed by atoms with van der Waals surface area (Å²) in [5.74, 6) is 0.813. The summed E-state index contributed by atoms with van der Waals surface area (Å²) in [6.45, 7) is 5.59. The van der Waals surface area contributed by atoms with E-state index in [4.69, 9.17) is 5.73 Å². The van der Waals surface area contributed by atoms with Crippen molar-refractivity contribution in [1.82, 2.24) is 9.88 Å². The quantitative estimate of drug-likeness (QED) is 0.867. The maximum atomic E-state index is 12.4. The zero-order valence-electron chi connectivity index (χ0n) is 11.1. The second kappa shape index (κ2) is 5.48. The number of nitrogens with zero attached hydrogens (tertiary/aromatic N) is 2. The molecule has 0 aliphatic carbocycles. The summed E-state index contributed by atoms with van der Waals surface area (Å²) in [5, 5.41) is 0. The molecule has 1 aromatic heterocycles. The average Bonchev–Trinajstić information content (AvgIpc) is 2.38. The van der Waals surface area contributed by atoms with Gasteiger partial charge < -0.3 is 10.6 Å². The topological polar surface area (TPSA) is 59.2 Å². The fourth-order valence-corrected chi connectivity index (χ4v) is 2.60. The summed E-state index contributed by atoms with van der Waals surface area (Å²) in [6.07, 6.45) is 3.83. The lowest BCUT2D eigenvalue weighted by Crippen LogP contribution is -2.44. The third-order valence-electron chi connectivity index (χ3n) is 3.67. The molecule has 2 rings (SSSR count). The molecule has 0 aromatic carbocycles. The zero-order valence-corrected chi connectivity index (χ0v) is 11.1. The molecule has 18 heavy (non-hydrogen) atoms. The third-order valence-corrected chi connectivity index (χ3v) is 3.67. The van der Waals surface area contributed by atoms with Crippen molar-refractivity contribution in [2.24, 2.45) is 11.7 Å². The number of aromatic nitrogens is 1. The molecule has 1 amide bonds. The second-order valence-corrected chi connectivity index (χ2v) is 5.22. The van der Waals surface area contributed by atoms with Gasteiger partial charge in [-0.25, -0.2) is 0 Å². The molecule has 2 heterocycles. The molecule has 2 atom stereocenters. The van der Waals surface area contributed by atoms with Gasteiger partial charge >= 0.3 is 0 Å². The van der Waals surface area contributed by atoms with Crippen LogP contribution < -0.4 is 5.73 Å². The van der Waals surface area contributed by atoms with Gasteiger partial charge in [-0.15, -0.1) is 0 Å². The van der Waals surface area contributed by atoms with E-state index in [9.17, 15) is 4.79 Å². The second-order valence-electron chi connectivity index (χ2n) is 5.22. The van der Waals surface area contributed by atoms with E-state index in [1.54, 1.807) is 18.3 Å². The maximum Gasteiger partial charge on any atom is 0.254 e. The number of amides is 1. The van der Waals surface area contributed by atoms with Crippen molar-refractivity contribution in [3.05, 3.63) is 29.6 Å². The summed E-state index contributed by atoms with van der Waals surface area (Å²) < 4.78 is 0. The Morgan fingerprint density at radius 1 is 1.56 bits per heavy atom. The van der Waals surface area contributed by atoms with Crippen LogP contribution in [0.25, 0.3) is 0 Å². The van der Waals surface area contributed by atoms with Gasteiger partial charge in [0.15, 0.2) is 0 Å². The van der Waals surface area contributed by atoms with Gasteiger partial charge in [0, 0.05) is 30.9 Å². The molecule has 0 spiro atoms. The molecule has 4 nitrogen and oxygen atoms in total. The number of piperidine rings is 1. The highest BCUT2D eigenvalue weighted by Gasteiger charge is 2.27. The van der Waals surface area contributed by atoms with Gasteiger partial charge in [0.2, 0.25) is 0 Å². The van der Waals surface area contributed by atoms with E-state index in [1.165, 1.54) is 0 Å². The summed E-state index contributed by atoms with van der Waals surface area (Å²) in [7, 11) is 0. The first-order valence-electron chi connectivity index (χ1n) is 6.57. The van der Waals surface area contributed by atoms with Crippen molar-refractivity contribution in [3.8, 4) is 0 Å². The molecule has 2 N–H and O–H groups in total. The fourth-order valence-electron chi connectivity index (χ4n) is 2.60. The van der Waals surface area contributed by atoms with Crippen LogP contribution in [0.4, 0.5) is 0 Å². The number of hydrogen-bond acceptors (Lipinski definition) is 3. The minimum absolute atomic E-state index is 0.103. The van der Waals surface area contributed by atoms with Gasteiger partial charge in [-0.1, -0.05) is 6.92 Å². The minimum atomic E-state index is 0.103. The number of carbonyl (C=O) groups is 1. The molecule has 1 aliphatic heterocycles. The highest BCUT2D eigenvalue weighted by molar-refractivity contribution is 5.94. The van der Waals surface area contributed by atoms with E-state index in [2.05, 4.69) is 18.8 Å². The van der Waals surface area contributed by atoms with Crippen LogP contribution in [0.1, 0.15) is 42.7 Å². The smallest absolute Gasteiger partial charge is 0.254 e. The van der Waals surface area contributed by atoms with Crippen molar-refractivity contribution in [2.45, 2.75) is 39.3 Å². The minimum Gasteiger partial charge on any atom is -0.336 e. The number of nitrogens with two attached hydrogens (primary N) is 1. The summed E-state index contributed by atoms with van der Waals surface area (Å²) in [5.41, 5.74) is 7.02. The van der Waals surface area contributed by atoms with Gasteiger partial charge in [-0.2, -0.15) is 0 Å². The zero-order chi connectivity index (χ0) is 13.1. The molecule has 1 fully saturated rings. The number of pyridine rings is 1. The van der Waals surface area contributed by atoms with Crippen LogP contribution in [0.15, 0.2) is 18.3 Å². The molecule has 0 radical (unpaired) electrons. The van der Waals surface area contributed by atoms with Crippen LogP contribution in [0.3, 0.4) is 0 Å². The molecule has 0 saturated carbocycles. The largest absolute Gasteiger partial charge is 0.336 e. The molecule has 1 saturated heterocycles. The standard InChI is InChI=1S/C14H21N3O/c1-10-4-6-17(11(2)7-10)14(18)12-3-5-16-13(8-12)9-15/h3,5,8,10-11H,4,6-7,9,15H2,1-2H3. The Morgan fingerprint density at radius 2 is 2.33 bits per heavy atom. The average molecular weight is 247 g/mol. The Hall–Kier alpha value is -1.42. The predicted molar refractivity (Wildman–Crippen MR) is 71.0 cm³/mol. The first kappa shape index (κ1) is 13.0. The molecule has 1 aliphatic rings. The molecule has 0 bridgehead atoms. The number of rotatable bonds is 2. The molecule has 1 aromatic rings. The Bertz CT molecular complexity index is 433. The monoisotopic (exact) mass is 247 g/mol. The SMILES string of the molecule is CC1CCN(C(=O)c2ccnc(CN)c2)C(C)C1. The van der Waals surface area contributed by atoms with Gasteiger partial charge in [-0.05, 0) is 37.8 Å². The fraction of sp³-hybridized carbons (Fsp3) is 0.571. The van der Waals surface area contributed by atoms with E-state index in [1.807, 2.05) is 4.90 Å². The van der Waals surface area contributed by atoms with Crippen molar-refractivity contribution in [2.75, 3.05) is 6.54 Å². The van der Waals surface area contributed by atoms with Crippen LogP contribution in [-0.4, -0.2) is 28.4 Å². The molecular formula is C14H21N3O. The van der Waals surface area contributed by atoms with E-state index in [0.717, 1.165) is 25.1 Å². The lowest BCUT2D eigenvalue weighted by atomic mass is 9.93. The lowest BCUT2D eigenvalue weighted by molar-refractivity contribution is 0.0588. The van der Waals surface area contributed by atoms with Crippen LogP contribution in [0, 0.1) is 5.92 Å². The van der Waals surface area contributed by atoms with Crippen LogP contribution in [0.5, 0.6) is 0 Å². The van der Waals surface area contributed by atoms with Crippen molar-refractivity contribution >= 4 is 5.91 Å². The highest BCUT2D eigenvalue weighted by atomic mass is 16.2. The van der Waals surface area contributed by atoms with Crippen molar-refractivity contribution in [3.63, 3.8) is 0 Å². The van der Waals surface area contributed by atoms with Gasteiger partial charge in [0.25, 0.3) is 5.91 Å². The van der Waals surface area contributed by atoms with E-state index < -0.39 is 0 Å². The summed E-state index contributed by atoms with van der Waals surface area (Å²) in [6, 6.07) is 3.88. The molecule has 4 heteroatoms. The van der Waals surface area contributed by atoms with Gasteiger partial charge in [0.1, 0.15) is 0 Å². The summed E-state index contributed by atoms with van der Waals surface area (Å²) in [4.78, 5) is 18.5. The Morgan fingerprint density at radius 3 is 3.00 bits per heavy atom. The van der Waals surface area contributed by atoms with Gasteiger partial charge in [-0.3, -0.25) is 9.78 Å². The molecule has 2 unspecified atom stereocenters. The normalized spacial score (nSPS) is 24.1. The van der Waals surface area contributed by atoms with Crippen molar-refractivity contribution in [1.29, 1.82) is 0 Å². The van der Waals surface area contributed by atoms with Crippen LogP contribution in [0.2, 0.25) is 0 Å². The van der Waals surface area contributed by atoms with Gasteiger partial charge in [0.05, 0.1) is 5.69 Å². The third kappa shape index (κ3) is 2.70. The van der Waals surface area contributed by atoms with E-state index >= 15 is 0 Å². The molecule has 98 valence electrons. The van der Waals surface area contributed by atoms with E-state index in [-0.39, 0.29) is 5.91 Å². The predicted octanol–water partition coefficient (Wildman–Crippen LogP) is 1.80. The van der Waals surface area contributed by atoms with Crippen LogP contribution >= 0.6 is 0 Å². The summed E-state index contributed by atoms with van der Waals surface area (Å²) >= 11 is 0. The number of likely N-dealkylation sites (tertiary alicyclic amines) is 1.